The topological polar surface area (TPSA) is 51.7 Å². The number of aryl methyl sites for hydroxylation is 2. The summed E-state index contributed by atoms with van der Waals surface area (Å²) in [7, 11) is 1.78. The van der Waals surface area contributed by atoms with E-state index in [-0.39, 0.29) is 5.56 Å². The molecule has 0 saturated carbocycles. The van der Waals surface area contributed by atoms with Crippen LogP contribution < -0.4 is 5.56 Å². The van der Waals surface area contributed by atoms with E-state index in [2.05, 4.69) is 20.6 Å². The molecular weight excluding hydrogens is 312 g/mol. The van der Waals surface area contributed by atoms with Gasteiger partial charge < -0.3 is 8.97 Å². The van der Waals surface area contributed by atoms with Crippen molar-refractivity contribution in [2.24, 2.45) is 12.0 Å². The van der Waals surface area contributed by atoms with Crippen molar-refractivity contribution in [3.05, 3.63) is 70.2 Å². The van der Waals surface area contributed by atoms with Gasteiger partial charge in [0.05, 0.1) is 0 Å². The molecule has 5 nitrogen and oxygen atoms in total. The van der Waals surface area contributed by atoms with Gasteiger partial charge in [0.1, 0.15) is 5.65 Å². The van der Waals surface area contributed by atoms with Gasteiger partial charge in [0.15, 0.2) is 0 Å². The third-order valence-electron chi connectivity index (χ3n) is 4.27. The molecule has 0 bridgehead atoms. The van der Waals surface area contributed by atoms with Gasteiger partial charge in [0.2, 0.25) is 0 Å². The van der Waals surface area contributed by atoms with E-state index in [9.17, 15) is 4.79 Å². The molecule has 0 saturated heterocycles. The van der Waals surface area contributed by atoms with E-state index in [0.717, 1.165) is 40.1 Å². The van der Waals surface area contributed by atoms with Gasteiger partial charge in [-0.25, -0.2) is 4.98 Å². The first-order valence-electron chi connectivity index (χ1n) is 8.31. The number of imidazole rings is 1. The highest BCUT2D eigenvalue weighted by molar-refractivity contribution is 5.64. The zero-order valence-corrected chi connectivity index (χ0v) is 15.0. The van der Waals surface area contributed by atoms with Crippen LogP contribution in [-0.4, -0.2) is 20.2 Å². The summed E-state index contributed by atoms with van der Waals surface area (Å²) in [5.41, 5.74) is 5.81. The molecule has 128 valence electrons. The van der Waals surface area contributed by atoms with Crippen LogP contribution in [0.1, 0.15) is 25.1 Å². The fourth-order valence-corrected chi connectivity index (χ4v) is 2.94. The van der Waals surface area contributed by atoms with Crippen molar-refractivity contribution in [3.63, 3.8) is 0 Å². The van der Waals surface area contributed by atoms with E-state index >= 15 is 0 Å². The highest BCUT2D eigenvalue weighted by Crippen LogP contribution is 2.21. The minimum Gasteiger partial charge on any atom is -0.318 e. The van der Waals surface area contributed by atoms with Gasteiger partial charge in [-0.2, -0.15) is 0 Å². The van der Waals surface area contributed by atoms with E-state index < -0.39 is 0 Å². The molecule has 0 atom stereocenters. The maximum Gasteiger partial charge on any atom is 0.253 e. The highest BCUT2D eigenvalue weighted by Gasteiger charge is 2.08. The maximum atomic E-state index is 11.9. The number of rotatable bonds is 4. The molecule has 0 amide bonds. The van der Waals surface area contributed by atoms with E-state index in [4.69, 9.17) is 0 Å². The van der Waals surface area contributed by atoms with Crippen molar-refractivity contribution >= 4 is 11.9 Å². The predicted molar refractivity (Wildman–Crippen MR) is 102 cm³/mol. The fraction of sp³-hybridized carbons (Fsp3) is 0.250. The lowest BCUT2D eigenvalue weighted by atomic mass is 10.1. The van der Waals surface area contributed by atoms with Gasteiger partial charge in [-0.1, -0.05) is 6.08 Å². The minimum atomic E-state index is 0.0308. The van der Waals surface area contributed by atoms with Crippen LogP contribution in [0, 0.1) is 6.92 Å². The van der Waals surface area contributed by atoms with Crippen LogP contribution in [-0.2, 0) is 13.5 Å². The van der Waals surface area contributed by atoms with Gasteiger partial charge >= 0.3 is 0 Å². The summed E-state index contributed by atoms with van der Waals surface area (Å²) in [6.45, 7) is 5.75. The van der Waals surface area contributed by atoms with Crippen LogP contribution in [0.3, 0.4) is 0 Å². The SMILES string of the molecule is CC=N/C(=C\C)Cc1cnc2ccc(-c3cc(C)c(=O)n(C)c3)cn12. The Morgan fingerprint density at radius 3 is 2.72 bits per heavy atom. The Labute approximate surface area is 147 Å². The largest absolute Gasteiger partial charge is 0.318 e. The summed E-state index contributed by atoms with van der Waals surface area (Å²) in [6, 6.07) is 5.96. The first kappa shape index (κ1) is 16.9. The van der Waals surface area contributed by atoms with Gasteiger partial charge in [0, 0.05) is 55.2 Å². The monoisotopic (exact) mass is 334 g/mol. The third kappa shape index (κ3) is 3.31. The molecule has 5 heteroatoms. The van der Waals surface area contributed by atoms with Crippen molar-refractivity contribution in [1.82, 2.24) is 14.0 Å². The number of hydrogen-bond donors (Lipinski definition) is 0. The molecule has 3 aromatic rings. The normalized spacial score (nSPS) is 12.4. The van der Waals surface area contributed by atoms with E-state index in [1.165, 1.54) is 0 Å². The lowest BCUT2D eigenvalue weighted by molar-refractivity contribution is 0.850. The third-order valence-corrected chi connectivity index (χ3v) is 4.27. The molecule has 3 aromatic heterocycles. The number of fused-ring (bicyclic) bond motifs is 1. The molecule has 0 N–H and O–H groups in total. The summed E-state index contributed by atoms with van der Waals surface area (Å²) >= 11 is 0. The van der Waals surface area contributed by atoms with Crippen LogP contribution in [0.2, 0.25) is 0 Å². The maximum absolute atomic E-state index is 11.9. The second-order valence-electron chi connectivity index (χ2n) is 6.07. The molecule has 25 heavy (non-hydrogen) atoms. The van der Waals surface area contributed by atoms with Crippen molar-refractivity contribution < 1.29 is 0 Å². The molecule has 0 fully saturated rings. The first-order valence-corrected chi connectivity index (χ1v) is 8.31. The van der Waals surface area contributed by atoms with Crippen molar-refractivity contribution in [2.75, 3.05) is 0 Å². The Hall–Kier alpha value is -2.95. The average Bonchev–Trinajstić information content (AvgIpc) is 3.01. The number of pyridine rings is 2. The summed E-state index contributed by atoms with van der Waals surface area (Å²) in [5.74, 6) is 0. The predicted octanol–water partition coefficient (Wildman–Crippen LogP) is 3.55. The average molecular weight is 334 g/mol. The van der Waals surface area contributed by atoms with Crippen LogP contribution in [0.15, 0.2) is 58.3 Å². The zero-order chi connectivity index (χ0) is 18.0. The van der Waals surface area contributed by atoms with Gasteiger partial charge in [-0.05, 0) is 50.1 Å². The minimum absolute atomic E-state index is 0.0308. The molecule has 0 aliphatic carbocycles. The summed E-state index contributed by atoms with van der Waals surface area (Å²) < 4.78 is 3.71. The Morgan fingerprint density at radius 1 is 1.24 bits per heavy atom. The van der Waals surface area contributed by atoms with Crippen molar-refractivity contribution in [1.29, 1.82) is 0 Å². The van der Waals surface area contributed by atoms with Crippen LogP contribution in [0.25, 0.3) is 16.8 Å². The highest BCUT2D eigenvalue weighted by atomic mass is 16.1. The number of aliphatic imine (C=N–C) groups is 1. The Kier molecular flexibility index (Phi) is 4.65. The Morgan fingerprint density at radius 2 is 2.04 bits per heavy atom. The number of allylic oxidation sites excluding steroid dienone is 2. The molecule has 3 heterocycles. The van der Waals surface area contributed by atoms with E-state index in [0.29, 0.717) is 0 Å². The zero-order valence-electron chi connectivity index (χ0n) is 15.0. The van der Waals surface area contributed by atoms with Crippen molar-refractivity contribution in [3.8, 4) is 11.1 Å². The number of hydrogen-bond acceptors (Lipinski definition) is 3. The Bertz CT molecular complexity index is 1010. The van der Waals surface area contributed by atoms with Gasteiger partial charge in [-0.15, -0.1) is 0 Å². The molecule has 0 aromatic carbocycles. The molecule has 0 radical (unpaired) electrons. The van der Waals surface area contributed by atoms with Gasteiger partial charge in [-0.3, -0.25) is 9.79 Å². The summed E-state index contributed by atoms with van der Waals surface area (Å²) in [6.07, 6.45) is 10.4. The van der Waals surface area contributed by atoms with E-state index in [1.54, 1.807) is 17.8 Å². The van der Waals surface area contributed by atoms with Crippen molar-refractivity contribution in [2.45, 2.75) is 27.2 Å². The molecule has 0 spiro atoms. The quantitative estimate of drug-likeness (QED) is 0.685. The Balaban J connectivity index is 2.08. The second-order valence-corrected chi connectivity index (χ2v) is 6.07. The summed E-state index contributed by atoms with van der Waals surface area (Å²) in [5, 5.41) is 0. The summed E-state index contributed by atoms with van der Waals surface area (Å²) in [4.78, 5) is 20.8. The number of nitrogens with zero attached hydrogens (tertiary/aromatic N) is 4. The lowest BCUT2D eigenvalue weighted by Gasteiger charge is -2.08. The molecule has 0 unspecified atom stereocenters. The molecule has 0 aliphatic heterocycles. The smallest absolute Gasteiger partial charge is 0.253 e. The molecule has 0 aliphatic rings. The second kappa shape index (κ2) is 6.89. The van der Waals surface area contributed by atoms with Crippen LogP contribution >= 0.6 is 0 Å². The number of aromatic nitrogens is 3. The van der Waals surface area contributed by atoms with Crippen LogP contribution in [0.4, 0.5) is 0 Å². The van der Waals surface area contributed by atoms with Crippen LogP contribution in [0.5, 0.6) is 0 Å². The standard InChI is InChI=1S/C20H22N4O/c1-5-17(21-6-2)10-18-11-22-19-8-7-15(13-24(18)19)16-9-14(3)20(25)23(4)12-16/h5-9,11-13H,10H2,1-4H3/b17-5-,21-6?. The van der Waals surface area contributed by atoms with Gasteiger partial charge in [0.25, 0.3) is 5.56 Å². The lowest BCUT2D eigenvalue weighted by Crippen LogP contribution is -2.18. The molecule has 3 rings (SSSR count). The first-order chi connectivity index (χ1) is 12.0. The van der Waals surface area contributed by atoms with E-state index in [1.807, 2.05) is 57.4 Å². The fourth-order valence-electron chi connectivity index (χ4n) is 2.94. The molecular formula is C20H22N4O.